The number of aliphatic imine (C=N–C) groups is 1. The molecule has 3 amide bonds. The number of hydrogen-bond acceptors (Lipinski definition) is 4. The second-order valence-electron chi connectivity index (χ2n) is 7.56. The van der Waals surface area contributed by atoms with Crippen LogP contribution in [0.5, 0.6) is 0 Å². The molecular formula is C18H31N5O3. The van der Waals surface area contributed by atoms with Gasteiger partial charge < -0.3 is 20.3 Å². The van der Waals surface area contributed by atoms with E-state index in [1.165, 1.54) is 6.42 Å². The van der Waals surface area contributed by atoms with Gasteiger partial charge in [-0.2, -0.15) is 0 Å². The number of nitrogens with zero attached hydrogens (tertiary/aromatic N) is 2. The molecule has 0 radical (unpaired) electrons. The SMILES string of the molecule is CCNC(=NCC1CCCCO1)N1CCC(C2(C)NC(=O)NC2=O)CC1. The molecule has 3 rings (SSSR count). The van der Waals surface area contributed by atoms with Crippen LogP contribution in [0.15, 0.2) is 4.99 Å². The standard InChI is InChI=1S/C18H31N5O3/c1-3-19-16(20-12-14-6-4-5-11-26-14)23-9-7-13(8-10-23)18(2)15(24)21-17(25)22-18/h13-14H,3-12H2,1-2H3,(H,19,20)(H2,21,22,24,25). The maximum Gasteiger partial charge on any atom is 0.322 e. The molecule has 3 aliphatic heterocycles. The molecule has 0 bridgehead atoms. The average molecular weight is 365 g/mol. The number of urea groups is 1. The Hall–Kier alpha value is -1.83. The summed E-state index contributed by atoms with van der Waals surface area (Å²) in [5.74, 6) is 0.843. The van der Waals surface area contributed by atoms with E-state index in [2.05, 4.69) is 27.8 Å². The molecule has 0 saturated carbocycles. The highest BCUT2D eigenvalue weighted by Crippen LogP contribution is 2.30. The third-order valence-corrected chi connectivity index (χ3v) is 5.74. The van der Waals surface area contributed by atoms with Crippen molar-refractivity contribution in [2.75, 3.05) is 32.8 Å². The molecule has 0 aromatic carbocycles. The Bertz CT molecular complexity index is 553. The number of guanidine groups is 1. The van der Waals surface area contributed by atoms with E-state index in [0.717, 1.165) is 57.9 Å². The van der Waals surface area contributed by atoms with E-state index in [1.54, 1.807) is 0 Å². The number of amides is 3. The van der Waals surface area contributed by atoms with Crippen molar-refractivity contribution in [3.63, 3.8) is 0 Å². The van der Waals surface area contributed by atoms with Gasteiger partial charge >= 0.3 is 6.03 Å². The molecule has 2 unspecified atom stereocenters. The van der Waals surface area contributed by atoms with Crippen LogP contribution in [-0.4, -0.2) is 67.2 Å². The fourth-order valence-corrected chi connectivity index (χ4v) is 4.08. The van der Waals surface area contributed by atoms with Crippen molar-refractivity contribution in [2.45, 2.75) is 57.6 Å². The minimum Gasteiger partial charge on any atom is -0.376 e. The van der Waals surface area contributed by atoms with Gasteiger partial charge in [-0.05, 0) is 51.9 Å². The number of carbonyl (C=O) groups excluding carboxylic acids is 2. The number of carbonyl (C=O) groups is 2. The normalized spacial score (nSPS) is 30.9. The number of ether oxygens (including phenoxy) is 1. The van der Waals surface area contributed by atoms with Crippen molar-refractivity contribution in [2.24, 2.45) is 10.9 Å². The zero-order valence-corrected chi connectivity index (χ0v) is 15.8. The molecule has 3 N–H and O–H groups in total. The van der Waals surface area contributed by atoms with Crippen LogP contribution in [0.2, 0.25) is 0 Å². The zero-order valence-electron chi connectivity index (χ0n) is 15.8. The van der Waals surface area contributed by atoms with Crippen LogP contribution in [0.25, 0.3) is 0 Å². The van der Waals surface area contributed by atoms with Crippen molar-refractivity contribution in [1.29, 1.82) is 0 Å². The van der Waals surface area contributed by atoms with Crippen LogP contribution in [0, 0.1) is 5.92 Å². The molecule has 2 atom stereocenters. The molecule has 0 aromatic rings. The number of hydrogen-bond donors (Lipinski definition) is 3. The summed E-state index contributed by atoms with van der Waals surface area (Å²) in [5.41, 5.74) is -0.797. The zero-order chi connectivity index (χ0) is 18.6. The summed E-state index contributed by atoms with van der Waals surface area (Å²) in [6.45, 7) is 7.89. The van der Waals surface area contributed by atoms with Gasteiger partial charge in [0.2, 0.25) is 0 Å². The molecule has 3 aliphatic rings. The first-order valence-electron chi connectivity index (χ1n) is 9.81. The van der Waals surface area contributed by atoms with E-state index in [9.17, 15) is 9.59 Å². The molecule has 3 saturated heterocycles. The van der Waals surface area contributed by atoms with E-state index in [1.807, 2.05) is 6.92 Å². The van der Waals surface area contributed by atoms with Crippen LogP contribution in [-0.2, 0) is 9.53 Å². The van der Waals surface area contributed by atoms with Gasteiger partial charge in [-0.25, -0.2) is 4.79 Å². The number of rotatable bonds is 4. The lowest BCUT2D eigenvalue weighted by atomic mass is 9.79. The van der Waals surface area contributed by atoms with Gasteiger partial charge in [0.15, 0.2) is 5.96 Å². The summed E-state index contributed by atoms with van der Waals surface area (Å²) in [6, 6.07) is -0.387. The summed E-state index contributed by atoms with van der Waals surface area (Å²) in [7, 11) is 0. The molecule has 8 nitrogen and oxygen atoms in total. The monoisotopic (exact) mass is 365 g/mol. The first kappa shape index (κ1) is 18.9. The third-order valence-electron chi connectivity index (χ3n) is 5.74. The Morgan fingerprint density at radius 1 is 1.31 bits per heavy atom. The summed E-state index contributed by atoms with van der Waals surface area (Å²) in [6.07, 6.45) is 5.36. The van der Waals surface area contributed by atoms with Crippen LogP contribution in [0.4, 0.5) is 4.79 Å². The molecule has 3 heterocycles. The second-order valence-corrected chi connectivity index (χ2v) is 7.56. The molecule has 0 spiro atoms. The summed E-state index contributed by atoms with van der Waals surface area (Å²) in [4.78, 5) is 30.7. The number of likely N-dealkylation sites (tertiary alicyclic amines) is 1. The lowest BCUT2D eigenvalue weighted by molar-refractivity contribution is -0.125. The van der Waals surface area contributed by atoms with Gasteiger partial charge in [0.1, 0.15) is 5.54 Å². The summed E-state index contributed by atoms with van der Waals surface area (Å²) >= 11 is 0. The number of nitrogens with one attached hydrogen (secondary N) is 3. The molecule has 3 fully saturated rings. The quantitative estimate of drug-likeness (QED) is 0.390. The topological polar surface area (TPSA) is 95.1 Å². The van der Waals surface area contributed by atoms with Gasteiger partial charge in [0, 0.05) is 26.2 Å². The molecule has 0 aromatic heterocycles. The first-order valence-corrected chi connectivity index (χ1v) is 9.81. The Balaban J connectivity index is 1.57. The Kier molecular flexibility index (Phi) is 6.01. The number of imide groups is 1. The first-order chi connectivity index (χ1) is 12.5. The molecule has 8 heteroatoms. The average Bonchev–Trinajstić information content (AvgIpc) is 2.92. The van der Waals surface area contributed by atoms with Crippen LogP contribution < -0.4 is 16.0 Å². The highest BCUT2D eigenvalue weighted by molar-refractivity contribution is 6.07. The predicted molar refractivity (Wildman–Crippen MR) is 98.9 cm³/mol. The van der Waals surface area contributed by atoms with Gasteiger partial charge in [-0.3, -0.25) is 15.1 Å². The van der Waals surface area contributed by atoms with Crippen molar-refractivity contribution in [1.82, 2.24) is 20.9 Å². The minimum absolute atomic E-state index is 0.134. The molecule has 146 valence electrons. The Labute approximate surface area is 155 Å². The van der Waals surface area contributed by atoms with Gasteiger partial charge in [-0.1, -0.05) is 0 Å². The largest absolute Gasteiger partial charge is 0.376 e. The lowest BCUT2D eigenvalue weighted by Gasteiger charge is -2.39. The highest BCUT2D eigenvalue weighted by Gasteiger charge is 2.48. The maximum atomic E-state index is 12.1. The Morgan fingerprint density at radius 3 is 2.65 bits per heavy atom. The highest BCUT2D eigenvalue weighted by atomic mass is 16.5. The van der Waals surface area contributed by atoms with Crippen LogP contribution >= 0.6 is 0 Å². The van der Waals surface area contributed by atoms with Gasteiger partial charge in [-0.15, -0.1) is 0 Å². The van der Waals surface area contributed by atoms with Crippen molar-refractivity contribution < 1.29 is 14.3 Å². The van der Waals surface area contributed by atoms with Crippen LogP contribution in [0.1, 0.15) is 46.0 Å². The third kappa shape index (κ3) is 4.11. The molecule has 0 aliphatic carbocycles. The van der Waals surface area contributed by atoms with E-state index in [0.29, 0.717) is 6.54 Å². The number of piperidine rings is 1. The van der Waals surface area contributed by atoms with E-state index in [-0.39, 0.29) is 24.0 Å². The van der Waals surface area contributed by atoms with E-state index in [4.69, 9.17) is 9.73 Å². The van der Waals surface area contributed by atoms with E-state index < -0.39 is 5.54 Å². The maximum absolute atomic E-state index is 12.1. The fraction of sp³-hybridized carbons (Fsp3) is 0.833. The summed E-state index contributed by atoms with van der Waals surface area (Å²) in [5, 5.41) is 8.54. The molecular weight excluding hydrogens is 334 g/mol. The molecule has 26 heavy (non-hydrogen) atoms. The predicted octanol–water partition coefficient (Wildman–Crippen LogP) is 0.831. The minimum atomic E-state index is -0.797. The van der Waals surface area contributed by atoms with Crippen molar-refractivity contribution in [3.8, 4) is 0 Å². The second kappa shape index (κ2) is 8.24. The van der Waals surface area contributed by atoms with Crippen LogP contribution in [0.3, 0.4) is 0 Å². The lowest BCUT2D eigenvalue weighted by Crippen LogP contribution is -2.55. The van der Waals surface area contributed by atoms with Gasteiger partial charge in [0.05, 0.1) is 12.6 Å². The van der Waals surface area contributed by atoms with Gasteiger partial charge in [0.25, 0.3) is 5.91 Å². The summed E-state index contributed by atoms with van der Waals surface area (Å²) < 4.78 is 5.78. The van der Waals surface area contributed by atoms with Crippen molar-refractivity contribution >= 4 is 17.9 Å². The Morgan fingerprint density at radius 2 is 2.08 bits per heavy atom. The van der Waals surface area contributed by atoms with E-state index >= 15 is 0 Å². The smallest absolute Gasteiger partial charge is 0.322 e. The fourth-order valence-electron chi connectivity index (χ4n) is 4.08. The van der Waals surface area contributed by atoms with Crippen molar-refractivity contribution in [3.05, 3.63) is 0 Å².